The Morgan fingerprint density at radius 3 is 2.63 bits per heavy atom. The van der Waals surface area contributed by atoms with Gasteiger partial charge in [-0.2, -0.15) is 5.10 Å². The third-order valence-electron chi connectivity index (χ3n) is 5.06. The molecule has 1 aliphatic heterocycles. The topological polar surface area (TPSA) is 98.4 Å². The number of nitrogens with two attached hydrogens (primary N) is 2. The molecule has 0 aliphatic carbocycles. The maximum absolute atomic E-state index is 12.1. The van der Waals surface area contributed by atoms with Gasteiger partial charge in [-0.25, -0.2) is 4.52 Å². The number of nitrogens with one attached hydrogen (secondary N) is 1. The zero-order valence-electron chi connectivity index (χ0n) is 14.4. The number of rotatable bonds is 2. The maximum atomic E-state index is 12.1. The number of primary amides is 1. The van der Waals surface area contributed by atoms with E-state index in [2.05, 4.69) is 10.4 Å². The first-order valence-electron chi connectivity index (χ1n) is 8.65. The van der Waals surface area contributed by atoms with E-state index in [4.69, 9.17) is 11.5 Å². The smallest absolute Gasteiger partial charge is 0.251 e. The molecule has 1 aliphatic rings. The van der Waals surface area contributed by atoms with Crippen LogP contribution in [0.15, 0.2) is 67.0 Å². The van der Waals surface area contributed by atoms with E-state index in [-0.39, 0.29) is 6.04 Å². The number of aromatic nitrogens is 2. The van der Waals surface area contributed by atoms with Gasteiger partial charge in [0.2, 0.25) is 0 Å². The van der Waals surface area contributed by atoms with Gasteiger partial charge in [0, 0.05) is 34.3 Å². The molecule has 2 aromatic carbocycles. The van der Waals surface area contributed by atoms with Crippen LogP contribution in [0.25, 0.3) is 16.6 Å². The molecule has 2 aromatic heterocycles. The average molecular weight is 355 g/mol. The van der Waals surface area contributed by atoms with Crippen molar-refractivity contribution in [2.45, 2.75) is 6.04 Å². The van der Waals surface area contributed by atoms with Crippen LogP contribution in [0.5, 0.6) is 0 Å². The Hall–Kier alpha value is -3.80. The number of amides is 1. The van der Waals surface area contributed by atoms with Gasteiger partial charge in [0.25, 0.3) is 5.91 Å². The second-order valence-electron chi connectivity index (χ2n) is 6.65. The second-order valence-corrected chi connectivity index (χ2v) is 6.65. The molecule has 0 spiro atoms. The summed E-state index contributed by atoms with van der Waals surface area (Å²) in [4.78, 5) is 12.1. The lowest BCUT2D eigenvalue weighted by atomic mass is 9.96. The van der Waals surface area contributed by atoms with Crippen LogP contribution in [0, 0.1) is 0 Å². The molecule has 5 N–H and O–H groups in total. The number of carbonyl (C=O) groups excluding carboxylic acids is 1. The van der Waals surface area contributed by atoms with Gasteiger partial charge in [0.1, 0.15) is 0 Å². The Labute approximate surface area is 155 Å². The summed E-state index contributed by atoms with van der Waals surface area (Å²) < 4.78 is 1.80. The minimum absolute atomic E-state index is 0.108. The predicted octanol–water partition coefficient (Wildman–Crippen LogP) is 3.20. The molecule has 0 saturated heterocycles. The standard InChI is InChI=1S/C21H17N5O/c22-13-7-5-12(6-8-13)19-15-9-10-26-20(15)18(16(11-24-26)21(23)27)14-3-1-2-4-17(14)25-19/h1-11,19,25H,22H2,(H2,23,27). The van der Waals surface area contributed by atoms with Crippen molar-refractivity contribution in [3.63, 3.8) is 0 Å². The lowest BCUT2D eigenvalue weighted by Crippen LogP contribution is -2.14. The lowest BCUT2D eigenvalue weighted by molar-refractivity contribution is 0.100. The van der Waals surface area contributed by atoms with Gasteiger partial charge < -0.3 is 16.8 Å². The van der Waals surface area contributed by atoms with Crippen molar-refractivity contribution in [2.24, 2.45) is 5.73 Å². The first kappa shape index (κ1) is 15.5. The van der Waals surface area contributed by atoms with E-state index in [0.717, 1.165) is 33.5 Å². The normalized spacial score (nSPS) is 15.0. The van der Waals surface area contributed by atoms with Gasteiger partial charge in [-0.05, 0) is 29.8 Å². The molecule has 0 radical (unpaired) electrons. The van der Waals surface area contributed by atoms with Crippen molar-refractivity contribution < 1.29 is 4.79 Å². The van der Waals surface area contributed by atoms with Crippen LogP contribution in [0.2, 0.25) is 0 Å². The fraction of sp³-hybridized carbons (Fsp3) is 0.0476. The number of hydrogen-bond donors (Lipinski definition) is 3. The summed E-state index contributed by atoms with van der Waals surface area (Å²) in [6, 6.07) is 17.6. The summed E-state index contributed by atoms with van der Waals surface area (Å²) in [5.41, 5.74) is 18.3. The molecular weight excluding hydrogens is 338 g/mol. The third-order valence-corrected chi connectivity index (χ3v) is 5.06. The number of fused-ring (bicyclic) bond motifs is 2. The molecule has 132 valence electrons. The van der Waals surface area contributed by atoms with Gasteiger partial charge in [0.15, 0.2) is 0 Å². The Kier molecular flexibility index (Phi) is 3.21. The van der Waals surface area contributed by atoms with Crippen LogP contribution >= 0.6 is 0 Å². The predicted molar refractivity (Wildman–Crippen MR) is 105 cm³/mol. The average Bonchev–Trinajstić information content (AvgIpc) is 3.04. The van der Waals surface area contributed by atoms with Crippen LogP contribution in [-0.2, 0) is 0 Å². The molecule has 0 fully saturated rings. The Morgan fingerprint density at radius 1 is 1.07 bits per heavy atom. The number of carbonyl (C=O) groups is 1. The van der Waals surface area contributed by atoms with Crippen molar-refractivity contribution in [3.05, 3.63) is 83.7 Å². The molecule has 6 nitrogen and oxygen atoms in total. The van der Waals surface area contributed by atoms with Crippen LogP contribution in [0.1, 0.15) is 27.5 Å². The van der Waals surface area contributed by atoms with Gasteiger partial charge >= 0.3 is 0 Å². The quantitative estimate of drug-likeness (QED) is 0.481. The number of benzene rings is 2. The zero-order chi connectivity index (χ0) is 18.5. The molecule has 27 heavy (non-hydrogen) atoms. The van der Waals surface area contributed by atoms with E-state index in [9.17, 15) is 4.79 Å². The van der Waals surface area contributed by atoms with Crippen molar-refractivity contribution in [3.8, 4) is 11.1 Å². The van der Waals surface area contributed by atoms with E-state index in [1.165, 1.54) is 6.20 Å². The highest BCUT2D eigenvalue weighted by Crippen LogP contribution is 2.43. The summed E-state index contributed by atoms with van der Waals surface area (Å²) in [5, 5.41) is 8.01. The molecule has 3 heterocycles. The zero-order valence-corrected chi connectivity index (χ0v) is 14.4. The van der Waals surface area contributed by atoms with E-state index in [1.54, 1.807) is 4.52 Å². The molecule has 1 atom stereocenters. The lowest BCUT2D eigenvalue weighted by Gasteiger charge is -2.19. The van der Waals surface area contributed by atoms with Crippen molar-refractivity contribution in [1.29, 1.82) is 0 Å². The molecule has 5 rings (SSSR count). The third kappa shape index (κ3) is 2.27. The van der Waals surface area contributed by atoms with E-state index in [1.807, 2.05) is 60.8 Å². The van der Waals surface area contributed by atoms with Gasteiger partial charge in [0.05, 0.1) is 23.3 Å². The summed E-state index contributed by atoms with van der Waals surface area (Å²) >= 11 is 0. The fourth-order valence-corrected chi connectivity index (χ4v) is 3.81. The van der Waals surface area contributed by atoms with Crippen LogP contribution < -0.4 is 16.8 Å². The molecule has 1 amide bonds. The monoisotopic (exact) mass is 355 g/mol. The molecule has 1 unspecified atom stereocenters. The summed E-state index contributed by atoms with van der Waals surface area (Å²) in [5.74, 6) is -0.493. The Balaban J connectivity index is 1.88. The number of nitrogens with zero attached hydrogens (tertiary/aromatic N) is 2. The van der Waals surface area contributed by atoms with Crippen molar-refractivity contribution in [2.75, 3.05) is 11.1 Å². The Morgan fingerprint density at radius 2 is 1.85 bits per heavy atom. The first-order chi connectivity index (χ1) is 13.1. The number of nitrogen functional groups attached to an aromatic ring is 1. The van der Waals surface area contributed by atoms with Crippen LogP contribution in [-0.4, -0.2) is 15.5 Å². The SMILES string of the molecule is NC(=O)c1cnn2ccc3c2c1-c1ccccc1NC3c1ccc(N)cc1. The molecule has 0 saturated carbocycles. The van der Waals surface area contributed by atoms with Crippen molar-refractivity contribution >= 4 is 22.8 Å². The molecule has 0 bridgehead atoms. The second kappa shape index (κ2) is 5.60. The largest absolute Gasteiger partial charge is 0.399 e. The first-order valence-corrected chi connectivity index (χ1v) is 8.65. The Bertz CT molecular complexity index is 1190. The highest BCUT2D eigenvalue weighted by molar-refractivity contribution is 6.06. The summed E-state index contributed by atoms with van der Waals surface area (Å²) in [7, 11) is 0. The van der Waals surface area contributed by atoms with Crippen LogP contribution in [0.4, 0.5) is 11.4 Å². The van der Waals surface area contributed by atoms with Crippen molar-refractivity contribution in [1.82, 2.24) is 9.61 Å². The minimum atomic E-state index is -0.493. The minimum Gasteiger partial charge on any atom is -0.399 e. The molecular formula is C21H17N5O. The van der Waals surface area contributed by atoms with E-state index in [0.29, 0.717) is 11.3 Å². The summed E-state index contributed by atoms with van der Waals surface area (Å²) in [6.45, 7) is 0. The van der Waals surface area contributed by atoms with Gasteiger partial charge in [-0.1, -0.05) is 30.3 Å². The van der Waals surface area contributed by atoms with Gasteiger partial charge in [-0.3, -0.25) is 4.79 Å². The number of anilines is 2. The highest BCUT2D eigenvalue weighted by Gasteiger charge is 2.28. The van der Waals surface area contributed by atoms with E-state index < -0.39 is 5.91 Å². The fourth-order valence-electron chi connectivity index (χ4n) is 3.81. The molecule has 4 aromatic rings. The maximum Gasteiger partial charge on any atom is 0.251 e. The van der Waals surface area contributed by atoms with E-state index >= 15 is 0 Å². The summed E-state index contributed by atoms with van der Waals surface area (Å²) in [6.07, 6.45) is 3.44. The highest BCUT2D eigenvalue weighted by atomic mass is 16.1. The van der Waals surface area contributed by atoms with Crippen LogP contribution in [0.3, 0.4) is 0 Å². The molecule has 6 heteroatoms. The number of para-hydroxylation sites is 1. The van der Waals surface area contributed by atoms with Gasteiger partial charge in [-0.15, -0.1) is 0 Å². The number of hydrogen-bond acceptors (Lipinski definition) is 4.